The lowest BCUT2D eigenvalue weighted by atomic mass is 10.5. The molecule has 1 amide bonds. The fourth-order valence-electron chi connectivity index (χ4n) is 0.634. The number of halogens is 1. The van der Waals surface area contributed by atoms with Crippen LogP contribution in [0.25, 0.3) is 0 Å². The Kier molecular flexibility index (Phi) is 3.16. The molecule has 1 rings (SSSR count). The number of carbonyl (C=O) groups excluding carboxylic acids is 1. The molecule has 0 fully saturated rings. The summed E-state index contributed by atoms with van der Waals surface area (Å²) in [6.07, 6.45) is 3.29. The molecule has 0 saturated carbocycles. The largest absolute Gasteiger partial charge is 0.349 e. The van der Waals surface area contributed by atoms with Gasteiger partial charge in [-0.15, -0.1) is 0 Å². The molecule has 1 aromatic heterocycles. The van der Waals surface area contributed by atoms with Crippen molar-refractivity contribution >= 4 is 21.8 Å². The zero-order chi connectivity index (χ0) is 8.97. The molecule has 0 atom stereocenters. The second-order valence-electron chi connectivity index (χ2n) is 2.23. The van der Waals surface area contributed by atoms with E-state index in [2.05, 4.69) is 31.2 Å². The summed E-state index contributed by atoms with van der Waals surface area (Å²) in [5.74, 6) is 0.523. The highest BCUT2D eigenvalue weighted by molar-refractivity contribution is 9.10. The van der Waals surface area contributed by atoms with Gasteiger partial charge < -0.3 is 5.32 Å². The molecule has 5 heteroatoms. The van der Waals surface area contributed by atoms with Crippen molar-refractivity contribution in [3.8, 4) is 0 Å². The van der Waals surface area contributed by atoms with E-state index in [9.17, 15) is 4.79 Å². The van der Waals surface area contributed by atoms with Gasteiger partial charge >= 0.3 is 0 Å². The Morgan fingerprint density at radius 2 is 2.17 bits per heavy atom. The normalized spacial score (nSPS) is 9.50. The van der Waals surface area contributed by atoms with E-state index in [1.807, 2.05) is 0 Å². The molecule has 64 valence electrons. The minimum atomic E-state index is -0.0819. The van der Waals surface area contributed by atoms with Crippen LogP contribution in [0.5, 0.6) is 0 Å². The van der Waals surface area contributed by atoms with Crippen LogP contribution in [0, 0.1) is 0 Å². The van der Waals surface area contributed by atoms with Crippen molar-refractivity contribution in [3.05, 3.63) is 22.7 Å². The Morgan fingerprint density at radius 1 is 1.58 bits per heavy atom. The second-order valence-corrected chi connectivity index (χ2v) is 3.14. The van der Waals surface area contributed by atoms with Crippen LogP contribution >= 0.6 is 15.9 Å². The van der Waals surface area contributed by atoms with Gasteiger partial charge in [0.15, 0.2) is 0 Å². The summed E-state index contributed by atoms with van der Waals surface area (Å²) in [4.78, 5) is 18.5. The minimum absolute atomic E-state index is 0.0819. The van der Waals surface area contributed by atoms with E-state index in [-0.39, 0.29) is 5.91 Å². The zero-order valence-corrected chi connectivity index (χ0v) is 8.13. The van der Waals surface area contributed by atoms with Crippen LogP contribution in [-0.2, 0) is 11.3 Å². The summed E-state index contributed by atoms with van der Waals surface area (Å²) in [5, 5.41) is 2.60. The van der Waals surface area contributed by atoms with E-state index < -0.39 is 0 Å². The smallest absolute Gasteiger partial charge is 0.217 e. The molecule has 0 radical (unpaired) electrons. The standard InChI is InChI=1S/C7H8BrN3O/c1-5(12)9-4-7-10-2-6(8)3-11-7/h2-3H,4H2,1H3,(H,9,12). The first kappa shape index (κ1) is 9.12. The summed E-state index contributed by atoms with van der Waals surface area (Å²) in [7, 11) is 0. The highest BCUT2D eigenvalue weighted by atomic mass is 79.9. The maximum Gasteiger partial charge on any atom is 0.217 e. The van der Waals surface area contributed by atoms with Gasteiger partial charge in [-0.1, -0.05) is 0 Å². The molecule has 0 spiro atoms. The third-order valence-corrected chi connectivity index (χ3v) is 1.58. The first-order chi connectivity index (χ1) is 5.68. The van der Waals surface area contributed by atoms with E-state index in [0.717, 1.165) is 4.47 Å². The fourth-order valence-corrected chi connectivity index (χ4v) is 0.839. The number of amides is 1. The predicted octanol–water partition coefficient (Wildman–Crippen LogP) is 0.875. The van der Waals surface area contributed by atoms with E-state index in [0.29, 0.717) is 12.4 Å². The molecule has 0 unspecified atom stereocenters. The first-order valence-electron chi connectivity index (χ1n) is 3.39. The number of hydrogen-bond acceptors (Lipinski definition) is 3. The Hall–Kier alpha value is -0.970. The van der Waals surface area contributed by atoms with Crippen LogP contribution in [0.2, 0.25) is 0 Å². The molecule has 0 aromatic carbocycles. The lowest BCUT2D eigenvalue weighted by Gasteiger charge is -1.99. The lowest BCUT2D eigenvalue weighted by Crippen LogP contribution is -2.20. The van der Waals surface area contributed by atoms with Crippen LogP contribution in [0.3, 0.4) is 0 Å². The average molecular weight is 230 g/mol. The SMILES string of the molecule is CC(=O)NCc1ncc(Br)cn1. The van der Waals surface area contributed by atoms with Gasteiger partial charge in [-0.25, -0.2) is 9.97 Å². The molecular formula is C7H8BrN3O. The van der Waals surface area contributed by atoms with Gasteiger partial charge in [0.05, 0.1) is 11.0 Å². The topological polar surface area (TPSA) is 54.9 Å². The fraction of sp³-hybridized carbons (Fsp3) is 0.286. The molecule has 12 heavy (non-hydrogen) atoms. The molecule has 0 aliphatic heterocycles. The maximum absolute atomic E-state index is 10.5. The maximum atomic E-state index is 10.5. The van der Waals surface area contributed by atoms with Gasteiger partial charge in [0.1, 0.15) is 5.82 Å². The van der Waals surface area contributed by atoms with Gasteiger partial charge in [0, 0.05) is 19.3 Å². The Morgan fingerprint density at radius 3 is 2.67 bits per heavy atom. The van der Waals surface area contributed by atoms with Crippen LogP contribution in [0.1, 0.15) is 12.7 Å². The molecule has 0 bridgehead atoms. The van der Waals surface area contributed by atoms with Gasteiger partial charge in [0.25, 0.3) is 0 Å². The van der Waals surface area contributed by atoms with Gasteiger partial charge in [-0.2, -0.15) is 0 Å². The number of nitrogens with one attached hydrogen (secondary N) is 1. The zero-order valence-electron chi connectivity index (χ0n) is 6.54. The van der Waals surface area contributed by atoms with Crippen LogP contribution in [-0.4, -0.2) is 15.9 Å². The quantitative estimate of drug-likeness (QED) is 0.820. The summed E-state index contributed by atoms with van der Waals surface area (Å²) in [5.41, 5.74) is 0. The van der Waals surface area contributed by atoms with E-state index in [4.69, 9.17) is 0 Å². The number of rotatable bonds is 2. The average Bonchev–Trinajstić information content (AvgIpc) is 2.03. The monoisotopic (exact) mass is 229 g/mol. The molecule has 0 aliphatic rings. The van der Waals surface area contributed by atoms with Crippen molar-refractivity contribution in [2.45, 2.75) is 13.5 Å². The van der Waals surface area contributed by atoms with Gasteiger partial charge in [-0.3, -0.25) is 4.79 Å². The van der Waals surface area contributed by atoms with Crippen molar-refractivity contribution in [3.63, 3.8) is 0 Å². The summed E-state index contributed by atoms with van der Waals surface area (Å²) < 4.78 is 0.828. The summed E-state index contributed by atoms with van der Waals surface area (Å²) in [6, 6.07) is 0. The van der Waals surface area contributed by atoms with Crippen LogP contribution in [0.4, 0.5) is 0 Å². The van der Waals surface area contributed by atoms with Crippen molar-refractivity contribution in [1.82, 2.24) is 15.3 Å². The molecule has 4 nitrogen and oxygen atoms in total. The second kappa shape index (κ2) is 4.15. The molecule has 1 heterocycles. The predicted molar refractivity (Wildman–Crippen MR) is 47.3 cm³/mol. The van der Waals surface area contributed by atoms with Crippen molar-refractivity contribution < 1.29 is 4.79 Å². The van der Waals surface area contributed by atoms with Crippen LogP contribution in [0.15, 0.2) is 16.9 Å². The number of hydrogen-bond donors (Lipinski definition) is 1. The molecular weight excluding hydrogens is 222 g/mol. The van der Waals surface area contributed by atoms with Crippen molar-refractivity contribution in [1.29, 1.82) is 0 Å². The first-order valence-corrected chi connectivity index (χ1v) is 4.18. The van der Waals surface area contributed by atoms with Crippen molar-refractivity contribution in [2.24, 2.45) is 0 Å². The van der Waals surface area contributed by atoms with Gasteiger partial charge in [-0.05, 0) is 15.9 Å². The number of carbonyl (C=O) groups is 1. The Balaban J connectivity index is 2.53. The summed E-state index contributed by atoms with van der Waals surface area (Å²) in [6.45, 7) is 1.83. The van der Waals surface area contributed by atoms with E-state index >= 15 is 0 Å². The Bertz CT molecular complexity index is 272. The third kappa shape index (κ3) is 2.96. The van der Waals surface area contributed by atoms with E-state index in [1.54, 1.807) is 12.4 Å². The minimum Gasteiger partial charge on any atom is -0.349 e. The van der Waals surface area contributed by atoms with Gasteiger partial charge in [0.2, 0.25) is 5.91 Å². The van der Waals surface area contributed by atoms with Crippen LogP contribution < -0.4 is 5.32 Å². The highest BCUT2D eigenvalue weighted by Crippen LogP contribution is 2.03. The molecule has 0 saturated heterocycles. The van der Waals surface area contributed by atoms with Crippen molar-refractivity contribution in [2.75, 3.05) is 0 Å². The molecule has 1 N–H and O–H groups in total. The molecule has 1 aromatic rings. The number of nitrogens with zero attached hydrogens (tertiary/aromatic N) is 2. The lowest BCUT2D eigenvalue weighted by molar-refractivity contribution is -0.119. The highest BCUT2D eigenvalue weighted by Gasteiger charge is 1.96. The third-order valence-electron chi connectivity index (χ3n) is 1.17. The Labute approximate surface area is 78.5 Å². The number of aromatic nitrogens is 2. The summed E-state index contributed by atoms with van der Waals surface area (Å²) >= 11 is 3.21. The molecule has 0 aliphatic carbocycles. The van der Waals surface area contributed by atoms with E-state index in [1.165, 1.54) is 6.92 Å².